The van der Waals surface area contributed by atoms with Crippen LogP contribution in [0.5, 0.6) is 0 Å². The fourth-order valence-electron chi connectivity index (χ4n) is 1.92. The lowest BCUT2D eigenvalue weighted by Crippen LogP contribution is -1.86. The van der Waals surface area contributed by atoms with Gasteiger partial charge in [0, 0.05) is 11.1 Å². The molecule has 20 heavy (non-hydrogen) atoms. The summed E-state index contributed by atoms with van der Waals surface area (Å²) in [5, 5.41) is 6.24. The molecule has 3 aromatic rings. The number of anilines is 1. The van der Waals surface area contributed by atoms with Crippen molar-refractivity contribution in [3.63, 3.8) is 0 Å². The van der Waals surface area contributed by atoms with E-state index in [9.17, 15) is 0 Å². The van der Waals surface area contributed by atoms with Crippen LogP contribution in [0.2, 0.25) is 5.02 Å². The fourth-order valence-corrected chi connectivity index (χ4v) is 6.12. The number of thiophene rings is 1. The molecule has 1 aromatic carbocycles. The Labute approximate surface area is 141 Å². The van der Waals surface area contributed by atoms with E-state index < -0.39 is 0 Å². The molecule has 0 aliphatic carbocycles. The van der Waals surface area contributed by atoms with Gasteiger partial charge in [-0.3, -0.25) is 0 Å². The fraction of sp³-hybridized carbons (Fsp3) is 0. The summed E-state index contributed by atoms with van der Waals surface area (Å²) in [5.74, 6) is 0. The topological polar surface area (TPSA) is 24.9 Å². The maximum atomic E-state index is 5.99. The van der Waals surface area contributed by atoms with Crippen LogP contribution in [-0.2, 0) is 0 Å². The second kappa shape index (κ2) is 5.03. The summed E-state index contributed by atoms with van der Waals surface area (Å²) in [5.41, 5.74) is 2.12. The number of aromatic nitrogens is 1. The molecule has 0 fully saturated rings. The Morgan fingerprint density at radius 2 is 2.15 bits per heavy atom. The van der Waals surface area contributed by atoms with Crippen LogP contribution in [0.25, 0.3) is 16.3 Å². The molecule has 2 aromatic heterocycles. The Morgan fingerprint density at radius 1 is 1.25 bits per heavy atom. The molecule has 1 aliphatic rings. The van der Waals surface area contributed by atoms with Crippen LogP contribution < -0.4 is 5.32 Å². The highest BCUT2D eigenvalue weighted by Gasteiger charge is 2.19. The molecule has 4 rings (SSSR count). The third kappa shape index (κ3) is 2.40. The molecular formula is C13H6BrClN2S3. The van der Waals surface area contributed by atoms with Gasteiger partial charge in [-0.25, -0.2) is 4.98 Å². The predicted molar refractivity (Wildman–Crippen MR) is 94.1 cm³/mol. The lowest BCUT2D eigenvalue weighted by molar-refractivity contribution is 1.46. The van der Waals surface area contributed by atoms with Crippen molar-refractivity contribution in [2.45, 2.75) is 4.21 Å². The summed E-state index contributed by atoms with van der Waals surface area (Å²) in [6.45, 7) is 0. The van der Waals surface area contributed by atoms with Gasteiger partial charge in [-0.15, -0.1) is 22.7 Å². The van der Waals surface area contributed by atoms with E-state index in [4.69, 9.17) is 11.6 Å². The molecule has 7 heteroatoms. The van der Waals surface area contributed by atoms with E-state index in [1.807, 2.05) is 18.2 Å². The molecular weight excluding hydrogens is 396 g/mol. The maximum Gasteiger partial charge on any atom is 0.119 e. The number of fused-ring (bicyclic) bond motifs is 2. The van der Waals surface area contributed by atoms with Crippen molar-refractivity contribution in [3.05, 3.63) is 43.1 Å². The first-order chi connectivity index (χ1) is 9.67. The van der Waals surface area contributed by atoms with E-state index >= 15 is 0 Å². The Bertz CT molecular complexity index is 827. The first-order valence-electron chi connectivity index (χ1n) is 5.69. The van der Waals surface area contributed by atoms with Crippen LogP contribution >= 0.6 is 62.0 Å². The summed E-state index contributed by atoms with van der Waals surface area (Å²) in [6.07, 6.45) is 2.09. The Balaban J connectivity index is 1.67. The van der Waals surface area contributed by atoms with Gasteiger partial charge < -0.3 is 5.32 Å². The van der Waals surface area contributed by atoms with Crippen LogP contribution in [0, 0.1) is 0 Å². The lowest BCUT2D eigenvalue weighted by atomic mass is 10.3. The first kappa shape index (κ1) is 13.2. The third-order valence-corrected chi connectivity index (χ3v) is 6.75. The molecule has 2 nitrogen and oxygen atoms in total. The number of thioether (sulfide) groups is 1. The number of benzene rings is 1. The smallest absolute Gasteiger partial charge is 0.119 e. The van der Waals surface area contributed by atoms with Crippen LogP contribution in [-0.4, -0.2) is 4.98 Å². The number of nitrogens with one attached hydrogen (secondary N) is 1. The quantitative estimate of drug-likeness (QED) is 0.518. The van der Waals surface area contributed by atoms with Crippen molar-refractivity contribution in [2.75, 3.05) is 5.32 Å². The van der Waals surface area contributed by atoms with Gasteiger partial charge in [0.1, 0.15) is 5.01 Å². The normalized spacial score (nSPS) is 15.8. The standard InChI is InChI=1S/C13H6BrClN2S3/c14-10-4-8-13(19-10)20-12(17-8)5-11-16-7-3-6(15)1-2-9(7)18-11/h1-5,17H. The molecule has 0 unspecified atom stereocenters. The Kier molecular flexibility index (Phi) is 3.31. The Hall–Kier alpha value is -0.530. The number of rotatable bonds is 1. The van der Waals surface area contributed by atoms with Crippen molar-refractivity contribution < 1.29 is 0 Å². The van der Waals surface area contributed by atoms with Gasteiger partial charge >= 0.3 is 0 Å². The van der Waals surface area contributed by atoms with Crippen LogP contribution in [0.1, 0.15) is 5.01 Å². The molecule has 0 bridgehead atoms. The van der Waals surface area contributed by atoms with Crippen molar-refractivity contribution in [1.82, 2.24) is 4.98 Å². The average molecular weight is 402 g/mol. The van der Waals surface area contributed by atoms with Crippen LogP contribution in [0.15, 0.2) is 37.3 Å². The van der Waals surface area contributed by atoms with Crippen molar-refractivity contribution in [1.29, 1.82) is 0 Å². The van der Waals surface area contributed by atoms with E-state index in [2.05, 4.69) is 38.4 Å². The van der Waals surface area contributed by atoms with E-state index in [1.165, 1.54) is 9.90 Å². The number of thiazole rings is 1. The van der Waals surface area contributed by atoms with Gasteiger partial charge in [0.15, 0.2) is 0 Å². The highest BCUT2D eigenvalue weighted by molar-refractivity contribution is 9.11. The summed E-state index contributed by atoms with van der Waals surface area (Å²) < 4.78 is 3.59. The van der Waals surface area contributed by atoms with Gasteiger partial charge in [0.05, 0.1) is 28.9 Å². The van der Waals surface area contributed by atoms with Crippen molar-refractivity contribution in [3.8, 4) is 0 Å². The van der Waals surface area contributed by atoms with Crippen molar-refractivity contribution in [2.24, 2.45) is 0 Å². The zero-order chi connectivity index (χ0) is 13.7. The van der Waals surface area contributed by atoms with E-state index in [-0.39, 0.29) is 0 Å². The molecule has 0 atom stereocenters. The van der Waals surface area contributed by atoms with E-state index in [0.717, 1.165) is 29.1 Å². The zero-order valence-electron chi connectivity index (χ0n) is 9.81. The van der Waals surface area contributed by atoms with Gasteiger partial charge in [-0.05, 0) is 40.2 Å². The van der Waals surface area contributed by atoms with Gasteiger partial charge in [0.2, 0.25) is 0 Å². The largest absolute Gasteiger partial charge is 0.348 e. The molecule has 0 saturated carbocycles. The molecule has 1 N–H and O–H groups in total. The lowest BCUT2D eigenvalue weighted by Gasteiger charge is -1.95. The Morgan fingerprint density at radius 3 is 3.00 bits per heavy atom. The third-order valence-electron chi connectivity index (χ3n) is 2.75. The maximum absolute atomic E-state index is 5.99. The number of hydrogen-bond acceptors (Lipinski definition) is 5. The second-order valence-corrected chi connectivity index (χ2v) is 9.39. The van der Waals surface area contributed by atoms with Gasteiger partial charge in [-0.1, -0.05) is 23.4 Å². The molecule has 0 amide bonds. The molecule has 0 spiro atoms. The van der Waals surface area contributed by atoms with Gasteiger partial charge in [-0.2, -0.15) is 0 Å². The summed E-state index contributed by atoms with van der Waals surface area (Å²) in [7, 11) is 0. The zero-order valence-corrected chi connectivity index (χ0v) is 14.6. The number of hydrogen-bond donors (Lipinski definition) is 1. The minimum absolute atomic E-state index is 0.724. The molecule has 0 radical (unpaired) electrons. The molecule has 3 heterocycles. The van der Waals surface area contributed by atoms with E-state index in [1.54, 1.807) is 34.4 Å². The second-order valence-electron chi connectivity index (χ2n) is 4.15. The molecule has 0 saturated heterocycles. The summed E-state index contributed by atoms with van der Waals surface area (Å²) >= 11 is 14.6. The minimum Gasteiger partial charge on any atom is -0.348 e. The number of nitrogens with zero attached hydrogens (tertiary/aromatic N) is 1. The SMILES string of the molecule is Clc1ccc2sc(C=C3Nc4cc(Br)sc4S3)nc2c1. The van der Waals surface area contributed by atoms with Crippen LogP contribution in [0.3, 0.4) is 0 Å². The van der Waals surface area contributed by atoms with E-state index in [0.29, 0.717) is 0 Å². The number of halogens is 2. The first-order valence-corrected chi connectivity index (χ1v) is 9.31. The minimum atomic E-state index is 0.724. The molecule has 1 aliphatic heterocycles. The average Bonchev–Trinajstić information content (AvgIpc) is 3.01. The highest BCUT2D eigenvalue weighted by atomic mass is 79.9. The van der Waals surface area contributed by atoms with Gasteiger partial charge in [0.25, 0.3) is 0 Å². The monoisotopic (exact) mass is 400 g/mol. The van der Waals surface area contributed by atoms with Crippen molar-refractivity contribution >= 4 is 83.9 Å². The highest BCUT2D eigenvalue weighted by Crippen LogP contribution is 2.48. The predicted octanol–water partition coefficient (Wildman–Crippen LogP) is 6.29. The summed E-state index contributed by atoms with van der Waals surface area (Å²) in [6, 6.07) is 7.92. The summed E-state index contributed by atoms with van der Waals surface area (Å²) in [4.78, 5) is 4.60. The van der Waals surface area contributed by atoms with Crippen LogP contribution in [0.4, 0.5) is 5.69 Å². The molecule has 100 valence electrons.